The number of nitrogens with zero attached hydrogens (tertiary/aromatic N) is 2. The third kappa shape index (κ3) is 4.37. The Balaban J connectivity index is 1.25. The van der Waals surface area contributed by atoms with Crippen molar-refractivity contribution >= 4 is 17.6 Å². The largest absolute Gasteiger partial charge is 0.348 e. The lowest BCUT2D eigenvalue weighted by molar-refractivity contribution is -0.247. The van der Waals surface area contributed by atoms with Crippen molar-refractivity contribution in [2.24, 2.45) is 0 Å². The third-order valence-electron chi connectivity index (χ3n) is 6.13. The average molecular weight is 471 g/mol. The van der Waals surface area contributed by atoms with Gasteiger partial charge in [0.15, 0.2) is 12.0 Å². The van der Waals surface area contributed by atoms with Crippen LogP contribution in [-0.2, 0) is 20.8 Å². The molecule has 0 spiro atoms. The van der Waals surface area contributed by atoms with Gasteiger partial charge in [-0.05, 0) is 49.7 Å². The molecule has 0 unspecified atom stereocenters. The fourth-order valence-electron chi connectivity index (χ4n) is 4.62. The van der Waals surface area contributed by atoms with Crippen molar-refractivity contribution in [1.29, 1.82) is 0 Å². The number of fused-ring (bicyclic) bond motifs is 5. The molecule has 0 aromatic heterocycles. The topological polar surface area (TPSA) is 92.4 Å². The van der Waals surface area contributed by atoms with Crippen LogP contribution in [-0.4, -0.2) is 65.9 Å². The molecule has 3 fully saturated rings. The van der Waals surface area contributed by atoms with Crippen molar-refractivity contribution in [2.45, 2.75) is 50.7 Å². The first-order valence-electron chi connectivity index (χ1n) is 11.2. The Kier molecular flexibility index (Phi) is 5.76. The first-order chi connectivity index (χ1) is 16.2. The van der Waals surface area contributed by atoms with E-state index in [0.717, 1.165) is 5.56 Å². The van der Waals surface area contributed by atoms with Crippen molar-refractivity contribution in [1.82, 2.24) is 15.3 Å². The number of hydrogen-bond acceptors (Lipinski definition) is 6. The maximum Gasteiger partial charge on any atom is 0.338 e. The second-order valence-corrected chi connectivity index (χ2v) is 9.13. The number of likely N-dealkylation sites (N-methyl/N-ethyl adjacent to an activating group) is 1. The molecule has 3 aliphatic heterocycles. The highest BCUT2D eigenvalue weighted by atomic mass is 19.1. The number of rotatable bonds is 4. The van der Waals surface area contributed by atoms with Crippen molar-refractivity contribution in [3.8, 4) is 0 Å². The van der Waals surface area contributed by atoms with Crippen LogP contribution in [0.5, 0.6) is 0 Å². The molecule has 3 aliphatic rings. The van der Waals surface area contributed by atoms with Gasteiger partial charge in [-0.1, -0.05) is 18.2 Å². The summed E-state index contributed by atoms with van der Waals surface area (Å²) in [6, 6.07) is 12.2. The summed E-state index contributed by atoms with van der Waals surface area (Å²) in [6.07, 6.45) is -1.43. The second-order valence-electron chi connectivity index (χ2n) is 9.13. The maximum absolute atomic E-state index is 13.2. The smallest absolute Gasteiger partial charge is 0.338 e. The molecule has 34 heavy (non-hydrogen) atoms. The standard InChI is InChI=1S/C24H27FN4O5/c1-24(2)33-19-18-13-28(3)29(22(32-18)20(19)34-24)23(31)27-17-6-4-5-15(11-17)21(30)26-12-14-7-9-16(25)10-8-14/h4-11,18-20,22H,12-13H2,1-3H3,(H,26,30)(H,27,31)/t18-,19-,20-,22-/m1/s1. The minimum absolute atomic E-state index is 0.182. The Morgan fingerprint density at radius 3 is 2.62 bits per heavy atom. The van der Waals surface area contributed by atoms with Crippen LogP contribution in [0, 0.1) is 5.82 Å². The van der Waals surface area contributed by atoms with E-state index < -0.39 is 18.0 Å². The Labute approximate surface area is 196 Å². The van der Waals surface area contributed by atoms with Crippen LogP contribution in [0.4, 0.5) is 14.9 Å². The normalized spacial score (nSPS) is 27.4. The van der Waals surface area contributed by atoms with Gasteiger partial charge in [-0.2, -0.15) is 0 Å². The summed E-state index contributed by atoms with van der Waals surface area (Å²) in [7, 11) is 1.81. The Hall–Kier alpha value is -3.05. The molecule has 180 valence electrons. The summed E-state index contributed by atoms with van der Waals surface area (Å²) >= 11 is 0. The van der Waals surface area contributed by atoms with E-state index in [0.29, 0.717) is 17.8 Å². The van der Waals surface area contributed by atoms with Gasteiger partial charge in [-0.25, -0.2) is 19.2 Å². The Morgan fingerprint density at radius 1 is 1.12 bits per heavy atom. The monoisotopic (exact) mass is 470 g/mol. The highest BCUT2D eigenvalue weighted by molar-refractivity contribution is 5.96. The number of hydrogen-bond donors (Lipinski definition) is 2. The number of urea groups is 1. The van der Waals surface area contributed by atoms with E-state index in [9.17, 15) is 14.0 Å². The van der Waals surface area contributed by atoms with Gasteiger partial charge in [-0.3, -0.25) is 4.79 Å². The minimum Gasteiger partial charge on any atom is -0.348 e. The van der Waals surface area contributed by atoms with E-state index >= 15 is 0 Å². The van der Waals surface area contributed by atoms with Crippen molar-refractivity contribution in [2.75, 3.05) is 18.9 Å². The van der Waals surface area contributed by atoms with Crippen molar-refractivity contribution < 1.29 is 28.2 Å². The fourth-order valence-corrected chi connectivity index (χ4v) is 4.62. The lowest BCUT2D eigenvalue weighted by Gasteiger charge is -2.42. The molecule has 2 aromatic rings. The summed E-state index contributed by atoms with van der Waals surface area (Å²) in [4.78, 5) is 25.8. The molecule has 5 rings (SSSR count). The average Bonchev–Trinajstić information content (AvgIpc) is 3.25. The zero-order valence-electron chi connectivity index (χ0n) is 19.2. The highest BCUT2D eigenvalue weighted by Gasteiger charge is 2.61. The molecule has 10 heteroatoms. The number of benzene rings is 2. The molecular formula is C24H27FN4O5. The van der Waals surface area contributed by atoms with Crippen LogP contribution >= 0.6 is 0 Å². The second kappa shape index (κ2) is 8.62. The number of amides is 3. The van der Waals surface area contributed by atoms with E-state index in [1.54, 1.807) is 41.4 Å². The zero-order chi connectivity index (χ0) is 24.0. The molecule has 0 saturated carbocycles. The molecule has 9 nitrogen and oxygen atoms in total. The van der Waals surface area contributed by atoms with E-state index in [-0.39, 0.29) is 36.6 Å². The Morgan fingerprint density at radius 2 is 1.85 bits per heavy atom. The number of hydrazine groups is 1. The molecule has 2 N–H and O–H groups in total. The fraction of sp³-hybridized carbons (Fsp3) is 0.417. The summed E-state index contributed by atoms with van der Waals surface area (Å²) in [5.74, 6) is -1.37. The maximum atomic E-state index is 13.2. The summed E-state index contributed by atoms with van der Waals surface area (Å²) in [6.45, 7) is 4.44. The molecule has 2 aromatic carbocycles. The van der Waals surface area contributed by atoms with E-state index in [4.69, 9.17) is 14.2 Å². The molecule has 3 saturated heterocycles. The van der Waals surface area contributed by atoms with Crippen LogP contribution in [0.2, 0.25) is 0 Å². The van der Waals surface area contributed by atoms with Crippen LogP contribution in [0.1, 0.15) is 29.8 Å². The predicted molar refractivity (Wildman–Crippen MR) is 120 cm³/mol. The predicted octanol–water partition coefficient (Wildman–Crippen LogP) is 2.70. The van der Waals surface area contributed by atoms with Gasteiger partial charge in [0.25, 0.3) is 5.91 Å². The van der Waals surface area contributed by atoms with Gasteiger partial charge in [-0.15, -0.1) is 0 Å². The van der Waals surface area contributed by atoms with Crippen molar-refractivity contribution in [3.63, 3.8) is 0 Å². The first-order valence-corrected chi connectivity index (χ1v) is 11.2. The zero-order valence-corrected chi connectivity index (χ0v) is 19.2. The van der Waals surface area contributed by atoms with Gasteiger partial charge >= 0.3 is 6.03 Å². The number of ether oxygens (including phenoxy) is 3. The van der Waals surface area contributed by atoms with E-state index in [1.807, 2.05) is 20.9 Å². The SMILES string of the molecule is CN1C[C@H]2O[C@H]([C@@H]3OC(C)(C)O[C@@H]32)N1C(=O)Nc1cccc(C(=O)NCc2ccc(F)cc2)c1. The molecule has 2 bridgehead atoms. The van der Waals surface area contributed by atoms with Gasteiger partial charge in [0.1, 0.15) is 24.1 Å². The molecule has 3 amide bonds. The highest BCUT2D eigenvalue weighted by Crippen LogP contribution is 2.42. The summed E-state index contributed by atoms with van der Waals surface area (Å²) in [5.41, 5.74) is 1.63. The Bertz CT molecular complexity index is 1090. The summed E-state index contributed by atoms with van der Waals surface area (Å²) < 4.78 is 31.1. The molecule has 3 heterocycles. The summed E-state index contributed by atoms with van der Waals surface area (Å²) in [5, 5.41) is 8.94. The van der Waals surface area contributed by atoms with Gasteiger partial charge in [0.2, 0.25) is 0 Å². The number of nitrogens with one attached hydrogen (secondary N) is 2. The van der Waals surface area contributed by atoms with Gasteiger partial charge < -0.3 is 24.8 Å². The number of carbonyl (C=O) groups excluding carboxylic acids is 2. The van der Waals surface area contributed by atoms with Crippen molar-refractivity contribution in [3.05, 3.63) is 65.5 Å². The van der Waals surface area contributed by atoms with Crippen LogP contribution in [0.3, 0.4) is 0 Å². The molecule has 0 radical (unpaired) electrons. The van der Waals surface area contributed by atoms with E-state index in [2.05, 4.69) is 10.6 Å². The number of halogens is 1. The van der Waals surface area contributed by atoms with Gasteiger partial charge in [0, 0.05) is 31.4 Å². The lowest BCUT2D eigenvalue weighted by atomic mass is 10.1. The number of anilines is 1. The van der Waals surface area contributed by atoms with Gasteiger partial charge in [0.05, 0.1) is 0 Å². The number of carbonyl (C=O) groups is 2. The molecule has 4 atom stereocenters. The lowest BCUT2D eigenvalue weighted by Crippen LogP contribution is -2.59. The van der Waals surface area contributed by atoms with E-state index in [1.165, 1.54) is 17.1 Å². The van der Waals surface area contributed by atoms with Crippen LogP contribution in [0.15, 0.2) is 48.5 Å². The third-order valence-corrected chi connectivity index (χ3v) is 6.13. The van der Waals surface area contributed by atoms with Crippen LogP contribution in [0.25, 0.3) is 0 Å². The molecular weight excluding hydrogens is 443 g/mol. The minimum atomic E-state index is -0.733. The van der Waals surface area contributed by atoms with Crippen LogP contribution < -0.4 is 10.6 Å². The first kappa shape index (κ1) is 22.7. The quantitative estimate of drug-likeness (QED) is 0.714. The molecule has 0 aliphatic carbocycles.